The second-order valence-electron chi connectivity index (χ2n) is 23.5. The Bertz CT molecular complexity index is 1170. The highest BCUT2D eigenvalue weighted by atomic mass is 16.6. The van der Waals surface area contributed by atoms with Gasteiger partial charge in [0, 0.05) is 19.3 Å². The topological polar surface area (TPSA) is 78.9 Å². The fourth-order valence-electron chi connectivity index (χ4n) is 10.6. The molecule has 0 heterocycles. The van der Waals surface area contributed by atoms with E-state index in [0.717, 1.165) is 64.2 Å². The van der Waals surface area contributed by atoms with E-state index >= 15 is 0 Å². The van der Waals surface area contributed by atoms with Gasteiger partial charge in [0.05, 0.1) is 0 Å². The Morgan fingerprint density at radius 1 is 0.253 bits per heavy atom. The minimum atomic E-state index is -0.768. The molecule has 0 N–H and O–H groups in total. The maximum Gasteiger partial charge on any atom is 0.306 e. The molecule has 0 fully saturated rings. The Morgan fingerprint density at radius 2 is 0.453 bits per heavy atom. The molecule has 0 radical (unpaired) electrons. The first-order valence-electron chi connectivity index (χ1n) is 34.2. The van der Waals surface area contributed by atoms with Crippen molar-refractivity contribution in [3.05, 3.63) is 12.2 Å². The van der Waals surface area contributed by atoms with Crippen LogP contribution in [0, 0.1) is 0 Å². The molecule has 75 heavy (non-hydrogen) atoms. The number of allylic oxidation sites excluding steroid dienone is 2. The highest BCUT2D eigenvalue weighted by molar-refractivity contribution is 5.71. The van der Waals surface area contributed by atoms with Gasteiger partial charge in [-0.2, -0.15) is 0 Å². The third-order valence-electron chi connectivity index (χ3n) is 15.8. The molecule has 0 saturated heterocycles. The van der Waals surface area contributed by atoms with Gasteiger partial charge in [0.2, 0.25) is 0 Å². The van der Waals surface area contributed by atoms with Crippen LogP contribution in [0.4, 0.5) is 0 Å². The SMILES string of the molecule is CCCC/C=C\CCCCCCCC(=O)OC(COC(=O)CCCCCCCCCCCCC)COC(=O)CCCCCCCCCCCCCCCCCCCCCCCCCCCCCCCCCCCCC. The van der Waals surface area contributed by atoms with Crippen LogP contribution >= 0.6 is 0 Å². The lowest BCUT2D eigenvalue weighted by Gasteiger charge is -2.18. The summed E-state index contributed by atoms with van der Waals surface area (Å²) in [6, 6.07) is 0. The predicted molar refractivity (Wildman–Crippen MR) is 326 cm³/mol. The van der Waals surface area contributed by atoms with Crippen molar-refractivity contribution in [2.45, 2.75) is 399 Å². The van der Waals surface area contributed by atoms with Crippen molar-refractivity contribution in [3.8, 4) is 0 Å². The van der Waals surface area contributed by atoms with Gasteiger partial charge in [-0.25, -0.2) is 0 Å². The number of rotatable bonds is 64. The van der Waals surface area contributed by atoms with Gasteiger partial charge in [-0.1, -0.05) is 348 Å². The van der Waals surface area contributed by atoms with Gasteiger partial charge >= 0.3 is 17.9 Å². The molecule has 0 aliphatic rings. The summed E-state index contributed by atoms with van der Waals surface area (Å²) in [7, 11) is 0. The lowest BCUT2D eigenvalue weighted by molar-refractivity contribution is -0.167. The molecular formula is C69H132O6. The summed E-state index contributed by atoms with van der Waals surface area (Å²) in [6.07, 6.45) is 77.1. The third kappa shape index (κ3) is 62.9. The van der Waals surface area contributed by atoms with Crippen molar-refractivity contribution < 1.29 is 28.6 Å². The van der Waals surface area contributed by atoms with Gasteiger partial charge in [-0.3, -0.25) is 14.4 Å². The van der Waals surface area contributed by atoms with Crippen molar-refractivity contribution in [1.82, 2.24) is 0 Å². The van der Waals surface area contributed by atoms with E-state index in [2.05, 4.69) is 32.9 Å². The number of carbonyl (C=O) groups excluding carboxylic acids is 3. The molecule has 0 spiro atoms. The summed E-state index contributed by atoms with van der Waals surface area (Å²) in [5.41, 5.74) is 0. The molecule has 0 amide bonds. The largest absolute Gasteiger partial charge is 0.462 e. The van der Waals surface area contributed by atoms with E-state index in [1.54, 1.807) is 0 Å². The Balaban J connectivity index is 3.91. The average molecular weight is 1060 g/mol. The van der Waals surface area contributed by atoms with E-state index in [-0.39, 0.29) is 31.1 Å². The number of unbranched alkanes of at least 4 members (excludes halogenated alkanes) is 51. The van der Waals surface area contributed by atoms with Crippen molar-refractivity contribution >= 4 is 17.9 Å². The molecule has 0 rings (SSSR count). The number of esters is 3. The highest BCUT2D eigenvalue weighted by Gasteiger charge is 2.19. The standard InChI is InChI=1S/C69H132O6/c1-4-7-10-13-16-19-22-23-24-25-26-27-28-29-30-31-32-33-34-35-36-37-38-39-40-41-42-43-44-45-48-50-53-56-59-62-68(71)74-65-66(75-69(72)63-60-57-54-51-47-21-18-15-12-9-6-3)64-73-67(70)61-58-55-52-49-46-20-17-14-11-8-5-2/h15,18,66H,4-14,16-17,19-65H2,1-3H3/b18-15-. The average Bonchev–Trinajstić information content (AvgIpc) is 3.41. The predicted octanol–water partition coefficient (Wildman–Crippen LogP) is 23.2. The molecular weight excluding hydrogens is 925 g/mol. The van der Waals surface area contributed by atoms with Crippen LogP contribution in [0.25, 0.3) is 0 Å². The summed E-state index contributed by atoms with van der Waals surface area (Å²) in [5.74, 6) is -0.854. The third-order valence-corrected chi connectivity index (χ3v) is 15.8. The van der Waals surface area contributed by atoms with Crippen LogP contribution in [0.1, 0.15) is 393 Å². The van der Waals surface area contributed by atoms with Crippen LogP contribution in [0.3, 0.4) is 0 Å². The molecule has 0 aliphatic heterocycles. The molecule has 0 saturated carbocycles. The van der Waals surface area contributed by atoms with Crippen LogP contribution < -0.4 is 0 Å². The van der Waals surface area contributed by atoms with Crippen LogP contribution in [0.5, 0.6) is 0 Å². The Kier molecular flexibility index (Phi) is 63.1. The van der Waals surface area contributed by atoms with Gasteiger partial charge in [-0.15, -0.1) is 0 Å². The van der Waals surface area contributed by atoms with Gasteiger partial charge in [0.1, 0.15) is 13.2 Å². The fourth-order valence-corrected chi connectivity index (χ4v) is 10.6. The number of ether oxygens (including phenoxy) is 3. The molecule has 0 aromatic heterocycles. The molecule has 444 valence electrons. The van der Waals surface area contributed by atoms with Gasteiger partial charge in [0.15, 0.2) is 6.10 Å². The lowest BCUT2D eigenvalue weighted by Crippen LogP contribution is -2.30. The van der Waals surface area contributed by atoms with E-state index in [1.165, 1.54) is 289 Å². The number of hydrogen-bond donors (Lipinski definition) is 0. The number of hydrogen-bond acceptors (Lipinski definition) is 6. The molecule has 6 heteroatoms. The van der Waals surface area contributed by atoms with Crippen molar-refractivity contribution in [1.29, 1.82) is 0 Å². The van der Waals surface area contributed by atoms with Crippen LogP contribution in [0.2, 0.25) is 0 Å². The van der Waals surface area contributed by atoms with E-state index in [0.29, 0.717) is 19.3 Å². The molecule has 0 aromatic carbocycles. The smallest absolute Gasteiger partial charge is 0.306 e. The monoisotopic (exact) mass is 1060 g/mol. The molecule has 6 nitrogen and oxygen atoms in total. The zero-order valence-corrected chi connectivity index (χ0v) is 51.1. The van der Waals surface area contributed by atoms with Crippen LogP contribution in [-0.4, -0.2) is 37.2 Å². The van der Waals surface area contributed by atoms with Gasteiger partial charge < -0.3 is 14.2 Å². The Labute approximate surface area is 469 Å². The maximum atomic E-state index is 12.8. The second-order valence-corrected chi connectivity index (χ2v) is 23.5. The minimum absolute atomic E-state index is 0.0677. The van der Waals surface area contributed by atoms with E-state index in [9.17, 15) is 14.4 Å². The van der Waals surface area contributed by atoms with Crippen LogP contribution in [-0.2, 0) is 28.6 Å². The second kappa shape index (κ2) is 64.7. The summed E-state index contributed by atoms with van der Waals surface area (Å²) in [4.78, 5) is 38.1. The van der Waals surface area contributed by atoms with Crippen molar-refractivity contribution in [2.75, 3.05) is 13.2 Å². The van der Waals surface area contributed by atoms with Crippen molar-refractivity contribution in [3.63, 3.8) is 0 Å². The first kappa shape index (κ1) is 73.2. The summed E-state index contributed by atoms with van der Waals surface area (Å²) >= 11 is 0. The van der Waals surface area contributed by atoms with Gasteiger partial charge in [0.25, 0.3) is 0 Å². The summed E-state index contributed by atoms with van der Waals surface area (Å²) < 4.78 is 16.9. The van der Waals surface area contributed by atoms with E-state index in [4.69, 9.17) is 14.2 Å². The molecule has 0 aliphatic carbocycles. The molecule has 1 unspecified atom stereocenters. The summed E-state index contributed by atoms with van der Waals surface area (Å²) in [6.45, 7) is 6.65. The first-order chi connectivity index (χ1) is 37.0. The molecule has 0 bridgehead atoms. The highest BCUT2D eigenvalue weighted by Crippen LogP contribution is 2.19. The van der Waals surface area contributed by atoms with E-state index < -0.39 is 6.10 Å². The number of carbonyl (C=O) groups is 3. The van der Waals surface area contributed by atoms with Crippen LogP contribution in [0.15, 0.2) is 12.2 Å². The molecule has 0 aromatic rings. The summed E-state index contributed by atoms with van der Waals surface area (Å²) in [5, 5.41) is 0. The Hall–Kier alpha value is -1.85. The van der Waals surface area contributed by atoms with Crippen molar-refractivity contribution in [2.24, 2.45) is 0 Å². The first-order valence-corrected chi connectivity index (χ1v) is 34.2. The maximum absolute atomic E-state index is 12.8. The minimum Gasteiger partial charge on any atom is -0.462 e. The molecule has 1 atom stereocenters. The normalized spacial score (nSPS) is 12.0. The lowest BCUT2D eigenvalue weighted by atomic mass is 10.0. The Morgan fingerprint density at radius 3 is 0.707 bits per heavy atom. The van der Waals surface area contributed by atoms with Gasteiger partial charge in [-0.05, 0) is 38.5 Å². The van der Waals surface area contributed by atoms with E-state index in [1.807, 2.05) is 0 Å². The fraction of sp³-hybridized carbons (Fsp3) is 0.928. The zero-order valence-electron chi connectivity index (χ0n) is 51.1. The quantitative estimate of drug-likeness (QED) is 0.0261. The zero-order chi connectivity index (χ0) is 54.3.